The molecule has 0 bridgehead atoms. The second-order valence-corrected chi connectivity index (χ2v) is 5.61. The molecule has 2 N–H and O–H groups in total. The van der Waals surface area contributed by atoms with Gasteiger partial charge in [-0.1, -0.05) is 30.3 Å². The van der Waals surface area contributed by atoms with Gasteiger partial charge >= 0.3 is 0 Å². The van der Waals surface area contributed by atoms with E-state index < -0.39 is 23.6 Å². The maximum Gasteiger partial charge on any atom is 0.252 e. The van der Waals surface area contributed by atoms with Crippen LogP contribution in [0.25, 0.3) is 0 Å². The number of carbonyl (C=O) groups excluding carboxylic acids is 2. The largest absolute Gasteiger partial charge is 0.352 e. The van der Waals surface area contributed by atoms with E-state index in [-0.39, 0.29) is 17.5 Å². The molecule has 0 fully saturated rings. The van der Waals surface area contributed by atoms with Gasteiger partial charge in [0.2, 0.25) is 5.91 Å². The molecule has 0 radical (unpaired) electrons. The molecule has 0 aliphatic rings. The van der Waals surface area contributed by atoms with Gasteiger partial charge in [-0.3, -0.25) is 9.59 Å². The van der Waals surface area contributed by atoms with Crippen LogP contribution in [0.1, 0.15) is 35.8 Å². The average Bonchev–Trinajstić information content (AvgIpc) is 2.55. The Morgan fingerprint density at radius 1 is 0.917 bits per heavy atom. The zero-order valence-corrected chi connectivity index (χ0v) is 13.3. The first kappa shape index (κ1) is 17.6. The van der Waals surface area contributed by atoms with E-state index in [4.69, 9.17) is 0 Å². The minimum absolute atomic E-state index is 0.0628. The van der Waals surface area contributed by atoms with Crippen LogP contribution in [0.2, 0.25) is 0 Å². The number of hydrogen-bond donors (Lipinski definition) is 2. The highest BCUT2D eigenvalue weighted by atomic mass is 19.2. The Hall–Kier alpha value is -2.76. The number of amides is 2. The fourth-order valence-corrected chi connectivity index (χ4v) is 2.17. The first-order valence-electron chi connectivity index (χ1n) is 7.49. The third-order valence-electron chi connectivity index (χ3n) is 3.28. The van der Waals surface area contributed by atoms with Gasteiger partial charge in [0.05, 0.1) is 0 Å². The van der Waals surface area contributed by atoms with E-state index in [2.05, 4.69) is 10.6 Å². The summed E-state index contributed by atoms with van der Waals surface area (Å²) in [6.45, 7) is 3.61. The molecule has 1 atom stereocenters. The normalized spacial score (nSPS) is 11.9. The van der Waals surface area contributed by atoms with Crippen LogP contribution in [0, 0.1) is 11.6 Å². The van der Waals surface area contributed by atoms with Crippen molar-refractivity contribution in [3.63, 3.8) is 0 Å². The van der Waals surface area contributed by atoms with Crippen LogP contribution in [0.4, 0.5) is 8.78 Å². The molecule has 6 heteroatoms. The maximum atomic E-state index is 13.3. The zero-order chi connectivity index (χ0) is 17.7. The lowest BCUT2D eigenvalue weighted by atomic mass is 10.0. The summed E-state index contributed by atoms with van der Waals surface area (Å²) in [5, 5.41) is 5.29. The standard InChI is InChI=1S/C18H18F2N2O2/c1-11(2)21-18(24)16(12-6-4-3-5-7-12)22-17(23)13-8-9-14(19)15(20)10-13/h3-11,16H,1-2H3,(H,21,24)(H,22,23)/t16-/m0/s1. The van der Waals surface area contributed by atoms with Crippen molar-refractivity contribution in [3.05, 3.63) is 71.3 Å². The number of carbonyl (C=O) groups is 2. The van der Waals surface area contributed by atoms with Crippen molar-refractivity contribution in [2.45, 2.75) is 25.9 Å². The van der Waals surface area contributed by atoms with Crippen molar-refractivity contribution in [2.75, 3.05) is 0 Å². The van der Waals surface area contributed by atoms with Gasteiger partial charge in [-0.15, -0.1) is 0 Å². The van der Waals surface area contributed by atoms with Gasteiger partial charge < -0.3 is 10.6 Å². The fourth-order valence-electron chi connectivity index (χ4n) is 2.17. The van der Waals surface area contributed by atoms with Crippen molar-refractivity contribution in [3.8, 4) is 0 Å². The van der Waals surface area contributed by atoms with E-state index in [0.29, 0.717) is 5.56 Å². The van der Waals surface area contributed by atoms with E-state index in [0.717, 1.165) is 18.2 Å². The van der Waals surface area contributed by atoms with E-state index in [9.17, 15) is 18.4 Å². The summed E-state index contributed by atoms with van der Waals surface area (Å²) in [5.74, 6) is -3.21. The van der Waals surface area contributed by atoms with E-state index in [1.165, 1.54) is 0 Å². The molecule has 0 saturated carbocycles. The van der Waals surface area contributed by atoms with Gasteiger partial charge in [-0.25, -0.2) is 8.78 Å². The monoisotopic (exact) mass is 332 g/mol. The van der Waals surface area contributed by atoms with Crippen molar-refractivity contribution in [1.82, 2.24) is 10.6 Å². The Morgan fingerprint density at radius 2 is 1.58 bits per heavy atom. The third-order valence-corrected chi connectivity index (χ3v) is 3.28. The molecule has 2 amide bonds. The summed E-state index contributed by atoms with van der Waals surface area (Å²) in [6, 6.07) is 10.5. The quantitative estimate of drug-likeness (QED) is 0.884. The summed E-state index contributed by atoms with van der Waals surface area (Å²) in [7, 11) is 0. The molecule has 0 saturated heterocycles. The molecule has 126 valence electrons. The van der Waals surface area contributed by atoms with Crippen LogP contribution in [-0.2, 0) is 4.79 Å². The predicted octanol–water partition coefficient (Wildman–Crippen LogP) is 2.96. The Kier molecular flexibility index (Phi) is 5.63. The minimum Gasteiger partial charge on any atom is -0.352 e. The lowest BCUT2D eigenvalue weighted by Crippen LogP contribution is -2.42. The molecule has 0 aromatic heterocycles. The summed E-state index contributed by atoms with van der Waals surface area (Å²) >= 11 is 0. The molecule has 2 aromatic rings. The fraction of sp³-hybridized carbons (Fsp3) is 0.222. The molecular weight excluding hydrogens is 314 g/mol. The second-order valence-electron chi connectivity index (χ2n) is 5.61. The Bertz CT molecular complexity index is 733. The average molecular weight is 332 g/mol. The molecule has 0 spiro atoms. The summed E-state index contributed by atoms with van der Waals surface area (Å²) < 4.78 is 26.3. The lowest BCUT2D eigenvalue weighted by molar-refractivity contribution is -0.123. The van der Waals surface area contributed by atoms with Crippen LogP contribution >= 0.6 is 0 Å². The topological polar surface area (TPSA) is 58.2 Å². The van der Waals surface area contributed by atoms with Crippen LogP contribution in [0.3, 0.4) is 0 Å². The number of rotatable bonds is 5. The van der Waals surface area contributed by atoms with Gasteiger partial charge in [-0.2, -0.15) is 0 Å². The summed E-state index contributed by atoms with van der Waals surface area (Å²) in [5.41, 5.74) is 0.527. The molecule has 0 aliphatic heterocycles. The molecule has 2 aromatic carbocycles. The van der Waals surface area contributed by atoms with E-state index in [1.807, 2.05) is 0 Å². The first-order valence-corrected chi connectivity index (χ1v) is 7.49. The highest BCUT2D eigenvalue weighted by Crippen LogP contribution is 2.15. The number of hydrogen-bond acceptors (Lipinski definition) is 2. The predicted molar refractivity (Wildman–Crippen MR) is 86.3 cm³/mol. The molecule has 0 unspecified atom stereocenters. The number of halogens is 2. The van der Waals surface area contributed by atoms with E-state index in [1.54, 1.807) is 44.2 Å². The van der Waals surface area contributed by atoms with Crippen molar-refractivity contribution < 1.29 is 18.4 Å². The van der Waals surface area contributed by atoms with Gasteiger partial charge in [0, 0.05) is 11.6 Å². The van der Waals surface area contributed by atoms with Crippen molar-refractivity contribution in [2.24, 2.45) is 0 Å². The van der Waals surface area contributed by atoms with Crippen LogP contribution in [-0.4, -0.2) is 17.9 Å². The summed E-state index contributed by atoms with van der Waals surface area (Å²) in [4.78, 5) is 24.7. The Labute approximate surface area is 138 Å². The van der Waals surface area contributed by atoms with Crippen LogP contribution < -0.4 is 10.6 Å². The number of benzene rings is 2. The van der Waals surface area contributed by atoms with Crippen LogP contribution in [0.15, 0.2) is 48.5 Å². The second kappa shape index (κ2) is 7.68. The minimum atomic E-state index is -1.12. The Morgan fingerprint density at radius 3 is 2.17 bits per heavy atom. The molecule has 0 aliphatic carbocycles. The molecule has 24 heavy (non-hydrogen) atoms. The Balaban J connectivity index is 2.25. The molecule has 2 rings (SSSR count). The molecular formula is C18H18F2N2O2. The lowest BCUT2D eigenvalue weighted by Gasteiger charge is -2.20. The third kappa shape index (κ3) is 4.38. The first-order chi connectivity index (χ1) is 11.4. The smallest absolute Gasteiger partial charge is 0.252 e. The van der Waals surface area contributed by atoms with Crippen molar-refractivity contribution in [1.29, 1.82) is 0 Å². The summed E-state index contributed by atoms with van der Waals surface area (Å²) in [6.07, 6.45) is 0. The highest BCUT2D eigenvalue weighted by Gasteiger charge is 2.24. The zero-order valence-electron chi connectivity index (χ0n) is 13.3. The SMILES string of the molecule is CC(C)NC(=O)[C@@H](NC(=O)c1ccc(F)c(F)c1)c1ccccc1. The molecule has 4 nitrogen and oxygen atoms in total. The van der Waals surface area contributed by atoms with E-state index >= 15 is 0 Å². The van der Waals surface area contributed by atoms with Gasteiger partial charge in [0.25, 0.3) is 5.91 Å². The van der Waals surface area contributed by atoms with Gasteiger partial charge in [-0.05, 0) is 37.6 Å². The number of nitrogens with one attached hydrogen (secondary N) is 2. The highest BCUT2D eigenvalue weighted by molar-refractivity contribution is 5.97. The van der Waals surface area contributed by atoms with Crippen LogP contribution in [0.5, 0.6) is 0 Å². The van der Waals surface area contributed by atoms with Crippen molar-refractivity contribution >= 4 is 11.8 Å². The van der Waals surface area contributed by atoms with Gasteiger partial charge in [0.1, 0.15) is 6.04 Å². The van der Waals surface area contributed by atoms with Gasteiger partial charge in [0.15, 0.2) is 11.6 Å². The maximum absolute atomic E-state index is 13.3. The molecule has 0 heterocycles.